The van der Waals surface area contributed by atoms with Crippen LogP contribution in [0.2, 0.25) is 0 Å². The van der Waals surface area contributed by atoms with Gasteiger partial charge >= 0.3 is 0 Å². The first-order chi connectivity index (χ1) is 15.6. The molecule has 0 amide bonds. The van der Waals surface area contributed by atoms with E-state index in [1.807, 2.05) is 0 Å². The number of aliphatic hydroxyl groups is 9. The Morgan fingerprint density at radius 3 is 0.211 bits per heavy atom. The summed E-state index contributed by atoms with van der Waals surface area (Å²) in [6.07, 6.45) is -1.50. The summed E-state index contributed by atoms with van der Waals surface area (Å²) in [6, 6.07) is 0. The Kier molecular flexibility index (Phi) is 125. The largest absolute Gasteiger partial charge is 0.394 e. The molecule has 38 heavy (non-hydrogen) atoms. The molecule has 0 spiro atoms. The smallest absolute Gasteiger partial charge is 0.0483 e. The molecule has 1 radical (unpaired) electrons. The van der Waals surface area contributed by atoms with E-state index in [0.29, 0.717) is 0 Å². The Bertz CT molecular complexity index is 171. The number of hydrogen-bond donors (Lipinski definition) is 9. The average Bonchev–Trinajstić information content (AvgIpc) is 2.39. The van der Waals surface area contributed by atoms with Gasteiger partial charge in [-0.2, -0.15) is 0 Å². The third-order valence-electron chi connectivity index (χ3n) is 0. The van der Waals surface area contributed by atoms with Crippen molar-refractivity contribution in [2.45, 2.75) is 180 Å². The van der Waals surface area contributed by atoms with Gasteiger partial charge in [0.05, 0.1) is 0 Å². The first kappa shape index (κ1) is 71.8. The van der Waals surface area contributed by atoms with Gasteiger partial charge in [0, 0.05) is 95.2 Å². The van der Waals surface area contributed by atoms with E-state index in [4.69, 9.17) is 46.0 Å². The molecule has 0 aliphatic rings. The average molecular weight is 640 g/mol. The topological polar surface area (TPSA) is 182 Å². The van der Waals surface area contributed by atoms with E-state index >= 15 is 0 Å². The van der Waals surface area contributed by atoms with Crippen LogP contribution in [0.5, 0.6) is 0 Å². The van der Waals surface area contributed by atoms with Gasteiger partial charge in [0.2, 0.25) is 0 Å². The van der Waals surface area contributed by atoms with Crippen LogP contribution in [0, 0.1) is 0 Å². The third-order valence-corrected chi connectivity index (χ3v) is 0. The van der Waals surface area contributed by atoms with E-state index in [1.54, 1.807) is 125 Å². The molecule has 9 N–H and O–H groups in total. The summed E-state index contributed by atoms with van der Waals surface area (Å²) in [5.74, 6) is 0. The molecule has 0 bridgehead atoms. The minimum absolute atomic E-state index is 0. The summed E-state index contributed by atoms with van der Waals surface area (Å²) >= 11 is 0. The van der Waals surface area contributed by atoms with Crippen molar-refractivity contribution in [1.29, 1.82) is 0 Å². The Morgan fingerprint density at radius 2 is 0.211 bits per heavy atom. The van der Waals surface area contributed by atoms with E-state index in [0.717, 1.165) is 0 Å². The van der Waals surface area contributed by atoms with Crippen LogP contribution in [0.3, 0.4) is 0 Å². The summed E-state index contributed by atoms with van der Waals surface area (Å²) in [5, 5.41) is 72.5. The van der Waals surface area contributed by atoms with Crippen molar-refractivity contribution in [1.82, 2.24) is 0 Å². The molecule has 0 heterocycles. The maximum atomic E-state index is 8.06. The van der Waals surface area contributed by atoms with E-state index in [2.05, 4.69) is 0 Å². The van der Waals surface area contributed by atoms with Gasteiger partial charge in [0.25, 0.3) is 0 Å². The second-order valence-electron chi connectivity index (χ2n) is 9.84. The molecule has 0 rings (SSSR count). The number of aliphatic hydroxyl groups excluding tert-OH is 9. The molecular weight excluding hydrogens is 567 g/mol. The van der Waals surface area contributed by atoms with Crippen molar-refractivity contribution < 1.29 is 86.2 Å². The fourth-order valence-corrected chi connectivity index (χ4v) is 0. The van der Waals surface area contributed by atoms with Gasteiger partial charge in [0.15, 0.2) is 0 Å². The van der Waals surface area contributed by atoms with Crippen LogP contribution in [-0.4, -0.2) is 101 Å². The van der Waals surface area contributed by atoms with Gasteiger partial charge in [-0.3, -0.25) is 0 Å². The molecule has 0 fully saturated rings. The summed E-state index contributed by atoms with van der Waals surface area (Å²) in [4.78, 5) is 0. The molecule has 0 aromatic rings. The van der Waals surface area contributed by atoms with Crippen molar-refractivity contribution in [2.24, 2.45) is 0 Å². The summed E-state index contributed by atoms with van der Waals surface area (Å²) in [7, 11) is 0. The fraction of sp³-hybridized carbons (Fsp3) is 1.00. The molecule has 11 heteroatoms. The van der Waals surface area contributed by atoms with Gasteiger partial charge in [-0.15, -0.1) is 0 Å². The Labute approximate surface area is 264 Å². The second-order valence-corrected chi connectivity index (χ2v) is 9.84. The van der Waals surface area contributed by atoms with Crippen LogP contribution in [0.15, 0.2) is 0 Å². The van der Waals surface area contributed by atoms with Gasteiger partial charge in [-0.1, -0.05) is 0 Å². The zero-order chi connectivity index (χ0) is 32.2. The van der Waals surface area contributed by atoms with Crippen LogP contribution in [0.4, 0.5) is 0 Å². The van der Waals surface area contributed by atoms with Crippen LogP contribution >= 0.6 is 0 Å². The molecule has 0 aromatic carbocycles. The van der Waals surface area contributed by atoms with Crippen LogP contribution in [-0.2, 0) is 40.3 Å². The summed E-state index contributed by atoms with van der Waals surface area (Å²) in [5.41, 5.74) is 0. The van der Waals surface area contributed by atoms with Gasteiger partial charge in [-0.05, 0) is 125 Å². The predicted molar refractivity (Wildman–Crippen MR) is 156 cm³/mol. The van der Waals surface area contributed by atoms with E-state index < -0.39 is 0 Å². The zero-order valence-electron chi connectivity index (χ0n) is 28.2. The maximum Gasteiger partial charge on any atom is 0.0483 e. The third kappa shape index (κ3) is 54100. The minimum atomic E-state index is -0.167. The zero-order valence-corrected chi connectivity index (χ0v) is 31.1. The molecule has 0 aromatic heterocycles. The Hall–Kier alpha value is 0.939. The quantitative estimate of drug-likeness (QED) is 0.179. The van der Waals surface area contributed by atoms with E-state index in [-0.39, 0.29) is 95.2 Å². The van der Waals surface area contributed by atoms with Crippen molar-refractivity contribution >= 4 is 0 Å². The van der Waals surface area contributed by atoms with Crippen LogP contribution in [0.25, 0.3) is 0 Å². The molecule has 0 saturated carbocycles. The van der Waals surface area contributed by atoms with Crippen LogP contribution < -0.4 is 0 Å². The molecule has 0 aliphatic heterocycles. The molecule has 243 valence electrons. The SMILES string of the molecule is CC(C)O.CC(C)O.CC(C)O.CC(C)O.CC(C)O.CC(C)O.CC(C)O.CC(C)O.CC(C)O.[Ti].[V]. The Morgan fingerprint density at radius 1 is 0.211 bits per heavy atom. The van der Waals surface area contributed by atoms with Crippen molar-refractivity contribution in [3.8, 4) is 0 Å². The van der Waals surface area contributed by atoms with Crippen molar-refractivity contribution in [3.63, 3.8) is 0 Å². The van der Waals surface area contributed by atoms with Crippen molar-refractivity contribution in [2.75, 3.05) is 0 Å². The summed E-state index contributed by atoms with van der Waals surface area (Å²) < 4.78 is 0. The normalized spacial score (nSPS) is 8.53. The van der Waals surface area contributed by atoms with Gasteiger partial charge in [-0.25, -0.2) is 0 Å². The Balaban J connectivity index is -0.0000000238. The molecule has 0 unspecified atom stereocenters. The fourth-order valence-electron chi connectivity index (χ4n) is 0. The number of rotatable bonds is 0. The van der Waals surface area contributed by atoms with Crippen LogP contribution in [0.1, 0.15) is 125 Å². The van der Waals surface area contributed by atoms with E-state index in [1.165, 1.54) is 0 Å². The first-order valence-electron chi connectivity index (χ1n) is 12.7. The summed E-state index contributed by atoms with van der Waals surface area (Å²) in [6.45, 7) is 31.0. The molecule has 0 saturated heterocycles. The minimum Gasteiger partial charge on any atom is -0.394 e. The molecule has 0 aliphatic carbocycles. The first-order valence-corrected chi connectivity index (χ1v) is 12.7. The van der Waals surface area contributed by atoms with Crippen molar-refractivity contribution in [3.05, 3.63) is 0 Å². The monoisotopic (exact) mass is 639 g/mol. The van der Waals surface area contributed by atoms with Gasteiger partial charge in [0.1, 0.15) is 0 Å². The number of hydrogen-bond acceptors (Lipinski definition) is 9. The van der Waals surface area contributed by atoms with Gasteiger partial charge < -0.3 is 46.0 Å². The van der Waals surface area contributed by atoms with E-state index in [9.17, 15) is 0 Å². The second kappa shape index (κ2) is 66.3. The maximum absolute atomic E-state index is 8.06. The standard InChI is InChI=1S/9C3H8O.Ti.V/c9*1-3(2)4;;/h9*3-4H,1-2H3;;. The molecular formula is C27H72O9TiV. The molecule has 0 atom stereocenters. The predicted octanol–water partition coefficient (Wildman–Crippen LogP) is 3.48. The molecule has 9 nitrogen and oxygen atoms in total.